The Hall–Kier alpha value is -1.70. The van der Waals surface area contributed by atoms with E-state index in [0.29, 0.717) is 18.7 Å². The third-order valence-corrected chi connectivity index (χ3v) is 1.95. The number of phenols is 2. The first-order valence-electron chi connectivity index (χ1n) is 4.49. The minimum atomic E-state index is -0.759. The quantitative estimate of drug-likeness (QED) is 0.327. The zero-order valence-electron chi connectivity index (χ0n) is 8.14. The predicted molar refractivity (Wildman–Crippen MR) is 56.4 cm³/mol. The largest absolute Gasteiger partial charge is 0.504 e. The Kier molecular flexibility index (Phi) is 3.98. The molecule has 0 aliphatic heterocycles. The number of aliphatic hydroxyl groups is 1. The van der Waals surface area contributed by atoms with E-state index in [9.17, 15) is 10.2 Å². The van der Waals surface area contributed by atoms with Gasteiger partial charge in [0.05, 0.1) is 12.6 Å². The molecule has 0 spiro atoms. The summed E-state index contributed by atoms with van der Waals surface area (Å²) in [5, 5.41) is 30.7. The molecular formula is C11H13NO3. The summed E-state index contributed by atoms with van der Waals surface area (Å²) in [5.41, 5.74) is 0.523. The summed E-state index contributed by atoms with van der Waals surface area (Å²) in [6, 6.07) is 4.18. The summed E-state index contributed by atoms with van der Waals surface area (Å²) < 4.78 is 0. The Bertz CT molecular complexity index is 371. The molecular weight excluding hydrogens is 194 g/mol. The molecule has 0 aliphatic carbocycles. The maximum atomic E-state index is 9.64. The lowest BCUT2D eigenvalue weighted by Crippen LogP contribution is -2.21. The van der Waals surface area contributed by atoms with Gasteiger partial charge in [-0.25, -0.2) is 0 Å². The Morgan fingerprint density at radius 2 is 2.07 bits per heavy atom. The van der Waals surface area contributed by atoms with Crippen molar-refractivity contribution in [2.24, 2.45) is 0 Å². The molecule has 15 heavy (non-hydrogen) atoms. The smallest absolute Gasteiger partial charge is 0.157 e. The van der Waals surface area contributed by atoms with Gasteiger partial charge in [-0.2, -0.15) is 0 Å². The Labute approximate surface area is 88.2 Å². The van der Waals surface area contributed by atoms with Gasteiger partial charge in [0.25, 0.3) is 0 Å². The van der Waals surface area contributed by atoms with Crippen LogP contribution in [-0.4, -0.2) is 28.4 Å². The molecule has 4 N–H and O–H groups in total. The summed E-state index contributed by atoms with van der Waals surface area (Å²) >= 11 is 0. The fraction of sp³-hybridized carbons (Fsp3) is 0.273. The SMILES string of the molecule is C#CCNCC(O)c1ccc(O)c(O)c1. The van der Waals surface area contributed by atoms with Crippen LogP contribution in [0.2, 0.25) is 0 Å². The second-order valence-corrected chi connectivity index (χ2v) is 3.10. The lowest BCUT2D eigenvalue weighted by Gasteiger charge is -2.11. The van der Waals surface area contributed by atoms with Crippen LogP contribution in [0.1, 0.15) is 11.7 Å². The Morgan fingerprint density at radius 3 is 2.67 bits per heavy atom. The monoisotopic (exact) mass is 207 g/mol. The van der Waals surface area contributed by atoms with E-state index in [2.05, 4.69) is 11.2 Å². The molecule has 0 aliphatic rings. The molecule has 1 atom stereocenters. The number of aliphatic hydroxyl groups excluding tert-OH is 1. The van der Waals surface area contributed by atoms with Gasteiger partial charge in [-0.15, -0.1) is 6.42 Å². The van der Waals surface area contributed by atoms with Gasteiger partial charge in [-0.05, 0) is 17.7 Å². The molecule has 0 bridgehead atoms. The molecule has 80 valence electrons. The van der Waals surface area contributed by atoms with Gasteiger partial charge in [0.15, 0.2) is 11.5 Å². The highest BCUT2D eigenvalue weighted by molar-refractivity contribution is 5.41. The summed E-state index contributed by atoms with van der Waals surface area (Å²) in [4.78, 5) is 0. The van der Waals surface area contributed by atoms with E-state index in [1.54, 1.807) is 0 Å². The van der Waals surface area contributed by atoms with Crippen LogP contribution in [0.25, 0.3) is 0 Å². The van der Waals surface area contributed by atoms with E-state index < -0.39 is 6.10 Å². The normalized spacial score (nSPS) is 12.0. The highest BCUT2D eigenvalue weighted by Gasteiger charge is 2.09. The molecule has 0 saturated carbocycles. The first-order valence-corrected chi connectivity index (χ1v) is 4.49. The van der Waals surface area contributed by atoms with E-state index >= 15 is 0 Å². The molecule has 1 aromatic carbocycles. The molecule has 1 unspecified atom stereocenters. The van der Waals surface area contributed by atoms with Crippen LogP contribution in [0.15, 0.2) is 18.2 Å². The molecule has 0 aromatic heterocycles. The second kappa shape index (κ2) is 5.25. The van der Waals surface area contributed by atoms with Gasteiger partial charge in [0.1, 0.15) is 0 Å². The van der Waals surface area contributed by atoms with Crippen LogP contribution in [-0.2, 0) is 0 Å². The van der Waals surface area contributed by atoms with Crippen molar-refractivity contribution in [1.29, 1.82) is 0 Å². The minimum absolute atomic E-state index is 0.206. The number of benzene rings is 1. The molecule has 1 rings (SSSR count). The summed E-state index contributed by atoms with van der Waals surface area (Å²) in [7, 11) is 0. The Balaban J connectivity index is 2.62. The number of aromatic hydroxyl groups is 2. The van der Waals surface area contributed by atoms with Crippen LogP contribution in [0.4, 0.5) is 0 Å². The zero-order valence-corrected chi connectivity index (χ0v) is 8.14. The van der Waals surface area contributed by atoms with E-state index in [1.807, 2.05) is 0 Å². The fourth-order valence-corrected chi connectivity index (χ4v) is 1.15. The molecule has 0 amide bonds. The molecule has 4 heteroatoms. The summed E-state index contributed by atoms with van der Waals surface area (Å²) in [6.07, 6.45) is 4.27. The average Bonchev–Trinajstić information content (AvgIpc) is 2.22. The minimum Gasteiger partial charge on any atom is -0.504 e. The van der Waals surface area contributed by atoms with Crippen LogP contribution >= 0.6 is 0 Å². The van der Waals surface area contributed by atoms with Crippen molar-refractivity contribution in [2.45, 2.75) is 6.10 Å². The maximum absolute atomic E-state index is 9.64. The first-order chi connectivity index (χ1) is 7.15. The molecule has 4 nitrogen and oxygen atoms in total. The molecule has 0 saturated heterocycles. The van der Waals surface area contributed by atoms with Crippen molar-refractivity contribution in [3.8, 4) is 23.8 Å². The third-order valence-electron chi connectivity index (χ3n) is 1.95. The Morgan fingerprint density at radius 1 is 1.33 bits per heavy atom. The van der Waals surface area contributed by atoms with E-state index in [-0.39, 0.29) is 11.5 Å². The van der Waals surface area contributed by atoms with Crippen molar-refractivity contribution in [1.82, 2.24) is 5.32 Å². The summed E-state index contributed by atoms with van der Waals surface area (Å²) in [6.45, 7) is 0.676. The highest BCUT2D eigenvalue weighted by Crippen LogP contribution is 2.27. The van der Waals surface area contributed by atoms with Gasteiger partial charge in [-0.1, -0.05) is 12.0 Å². The third kappa shape index (κ3) is 3.17. The lowest BCUT2D eigenvalue weighted by atomic mass is 10.1. The molecule has 0 heterocycles. The average molecular weight is 207 g/mol. The van der Waals surface area contributed by atoms with Crippen LogP contribution < -0.4 is 5.32 Å². The highest BCUT2D eigenvalue weighted by atomic mass is 16.3. The van der Waals surface area contributed by atoms with E-state index in [1.165, 1.54) is 18.2 Å². The first kappa shape index (κ1) is 11.4. The van der Waals surface area contributed by atoms with E-state index in [4.69, 9.17) is 11.5 Å². The second-order valence-electron chi connectivity index (χ2n) is 3.10. The van der Waals surface area contributed by atoms with Gasteiger partial charge < -0.3 is 20.6 Å². The van der Waals surface area contributed by atoms with Crippen molar-refractivity contribution in [2.75, 3.05) is 13.1 Å². The molecule has 1 aromatic rings. The predicted octanol–water partition coefficient (Wildman–Crippen LogP) is 0.354. The topological polar surface area (TPSA) is 72.7 Å². The maximum Gasteiger partial charge on any atom is 0.157 e. The standard InChI is InChI=1S/C11H13NO3/c1-2-5-12-7-11(15)8-3-4-9(13)10(14)6-8/h1,3-4,6,11-15H,5,7H2. The summed E-state index contributed by atoms with van der Waals surface area (Å²) in [5.74, 6) is 1.93. The van der Waals surface area contributed by atoms with Crippen molar-refractivity contribution < 1.29 is 15.3 Å². The number of rotatable bonds is 4. The van der Waals surface area contributed by atoms with Crippen LogP contribution in [0.3, 0.4) is 0 Å². The van der Waals surface area contributed by atoms with Crippen molar-refractivity contribution in [3.63, 3.8) is 0 Å². The van der Waals surface area contributed by atoms with Gasteiger partial charge in [0, 0.05) is 6.54 Å². The lowest BCUT2D eigenvalue weighted by molar-refractivity contribution is 0.176. The van der Waals surface area contributed by atoms with Gasteiger partial charge in [0.2, 0.25) is 0 Å². The van der Waals surface area contributed by atoms with Crippen LogP contribution in [0, 0.1) is 12.3 Å². The number of phenolic OH excluding ortho intramolecular Hbond substituents is 2. The number of terminal acetylenes is 1. The van der Waals surface area contributed by atoms with E-state index in [0.717, 1.165) is 0 Å². The molecule has 0 fully saturated rings. The van der Waals surface area contributed by atoms with Crippen molar-refractivity contribution in [3.05, 3.63) is 23.8 Å². The molecule has 0 radical (unpaired) electrons. The number of nitrogens with one attached hydrogen (secondary N) is 1. The van der Waals surface area contributed by atoms with Crippen molar-refractivity contribution >= 4 is 0 Å². The van der Waals surface area contributed by atoms with Gasteiger partial charge in [-0.3, -0.25) is 0 Å². The number of hydrogen-bond donors (Lipinski definition) is 4. The van der Waals surface area contributed by atoms with Crippen LogP contribution in [0.5, 0.6) is 11.5 Å². The zero-order chi connectivity index (χ0) is 11.3. The fourth-order valence-electron chi connectivity index (χ4n) is 1.15. The number of hydrogen-bond acceptors (Lipinski definition) is 4. The van der Waals surface area contributed by atoms with Gasteiger partial charge >= 0.3 is 0 Å².